The van der Waals surface area contributed by atoms with Crippen LogP contribution in [0, 0.1) is 0 Å². The second-order valence-electron chi connectivity index (χ2n) is 5.41. The number of aryl methyl sites for hydroxylation is 2. The summed E-state index contributed by atoms with van der Waals surface area (Å²) in [4.78, 5) is 12.1. The summed E-state index contributed by atoms with van der Waals surface area (Å²) in [6, 6.07) is 8.49. The number of carbonyl (C=O) groups is 1. The van der Waals surface area contributed by atoms with Gasteiger partial charge >= 0.3 is 0 Å². The number of amides is 1. The number of nitrogens with two attached hydrogens (primary N) is 1. The zero-order valence-electron chi connectivity index (χ0n) is 13.0. The molecule has 0 bridgehead atoms. The molecular weight excluding hydrogens is 248 g/mol. The van der Waals surface area contributed by atoms with E-state index in [-0.39, 0.29) is 11.4 Å². The maximum absolute atomic E-state index is 12.1. The summed E-state index contributed by atoms with van der Waals surface area (Å²) >= 11 is 0. The molecule has 3 nitrogen and oxygen atoms in total. The van der Waals surface area contributed by atoms with Crippen molar-refractivity contribution in [2.75, 3.05) is 6.54 Å². The number of hydrogen-bond donors (Lipinski definition) is 2. The van der Waals surface area contributed by atoms with E-state index in [9.17, 15) is 4.79 Å². The number of carbonyl (C=O) groups excluding carboxylic acids is 1. The molecule has 0 saturated heterocycles. The molecule has 3 heteroatoms. The fourth-order valence-electron chi connectivity index (χ4n) is 2.32. The quantitative estimate of drug-likeness (QED) is 0.767. The minimum Gasteiger partial charge on any atom is -0.349 e. The van der Waals surface area contributed by atoms with Gasteiger partial charge in [-0.25, -0.2) is 0 Å². The average Bonchev–Trinajstić information content (AvgIpc) is 2.51. The average molecular weight is 276 g/mol. The van der Waals surface area contributed by atoms with Crippen molar-refractivity contribution in [1.82, 2.24) is 5.32 Å². The van der Waals surface area contributed by atoms with Gasteiger partial charge in [0.1, 0.15) is 0 Å². The van der Waals surface area contributed by atoms with Gasteiger partial charge < -0.3 is 11.1 Å². The molecule has 3 N–H and O–H groups in total. The largest absolute Gasteiger partial charge is 0.349 e. The molecule has 0 spiro atoms. The molecule has 0 aliphatic heterocycles. The van der Waals surface area contributed by atoms with Crippen LogP contribution < -0.4 is 11.1 Å². The first-order valence-corrected chi connectivity index (χ1v) is 7.68. The van der Waals surface area contributed by atoms with E-state index in [0.29, 0.717) is 13.0 Å². The summed E-state index contributed by atoms with van der Waals surface area (Å²) in [7, 11) is 0. The molecule has 0 aromatic heterocycles. The van der Waals surface area contributed by atoms with Crippen molar-refractivity contribution in [2.24, 2.45) is 5.73 Å². The Labute approximate surface area is 122 Å². The minimum atomic E-state index is -0.233. The number of benzene rings is 1. The third-order valence-electron chi connectivity index (χ3n) is 4.22. The summed E-state index contributed by atoms with van der Waals surface area (Å²) in [5.41, 5.74) is 8.11. The summed E-state index contributed by atoms with van der Waals surface area (Å²) in [6.45, 7) is 6.78. The fraction of sp³-hybridized carbons (Fsp3) is 0.588. The second kappa shape index (κ2) is 8.05. The fourth-order valence-corrected chi connectivity index (χ4v) is 2.32. The van der Waals surface area contributed by atoms with Gasteiger partial charge in [0.05, 0.1) is 5.54 Å². The predicted octanol–water partition coefficient (Wildman–Crippen LogP) is 2.82. The lowest BCUT2D eigenvalue weighted by molar-refractivity contribution is -0.123. The molecule has 1 amide bonds. The Morgan fingerprint density at radius 3 is 2.10 bits per heavy atom. The van der Waals surface area contributed by atoms with E-state index in [1.54, 1.807) is 0 Å². The van der Waals surface area contributed by atoms with Gasteiger partial charge in [-0.3, -0.25) is 4.79 Å². The monoisotopic (exact) mass is 276 g/mol. The van der Waals surface area contributed by atoms with Gasteiger partial charge in [-0.2, -0.15) is 0 Å². The molecule has 20 heavy (non-hydrogen) atoms. The molecule has 0 atom stereocenters. The first-order valence-electron chi connectivity index (χ1n) is 7.68. The number of hydrogen-bond acceptors (Lipinski definition) is 2. The molecule has 0 radical (unpaired) electrons. The van der Waals surface area contributed by atoms with E-state index in [1.807, 2.05) is 0 Å². The summed E-state index contributed by atoms with van der Waals surface area (Å²) in [5.74, 6) is 0.0960. The molecule has 0 heterocycles. The van der Waals surface area contributed by atoms with Crippen LogP contribution in [0.2, 0.25) is 0 Å². The van der Waals surface area contributed by atoms with Gasteiger partial charge in [0.15, 0.2) is 0 Å². The van der Waals surface area contributed by atoms with E-state index >= 15 is 0 Å². The molecular formula is C17H28N2O. The van der Waals surface area contributed by atoms with Crippen LogP contribution in [0.1, 0.15) is 51.2 Å². The third-order valence-corrected chi connectivity index (χ3v) is 4.22. The molecule has 0 saturated carbocycles. The lowest BCUT2D eigenvalue weighted by Crippen LogP contribution is -2.52. The van der Waals surface area contributed by atoms with Crippen LogP contribution >= 0.6 is 0 Å². The maximum atomic E-state index is 12.1. The summed E-state index contributed by atoms with van der Waals surface area (Å²) < 4.78 is 0. The highest BCUT2D eigenvalue weighted by Gasteiger charge is 2.25. The van der Waals surface area contributed by atoms with Gasteiger partial charge in [0.2, 0.25) is 5.91 Å². The molecule has 0 aliphatic carbocycles. The molecule has 1 aromatic carbocycles. The Morgan fingerprint density at radius 2 is 1.65 bits per heavy atom. The van der Waals surface area contributed by atoms with Crippen LogP contribution in [0.25, 0.3) is 0 Å². The highest BCUT2D eigenvalue weighted by Crippen LogP contribution is 2.14. The van der Waals surface area contributed by atoms with E-state index < -0.39 is 0 Å². The first-order chi connectivity index (χ1) is 9.59. The van der Waals surface area contributed by atoms with Crippen molar-refractivity contribution in [2.45, 2.75) is 58.4 Å². The Balaban J connectivity index is 2.50. The van der Waals surface area contributed by atoms with Gasteiger partial charge in [0.25, 0.3) is 0 Å². The first kappa shape index (κ1) is 16.7. The standard InChI is InChI=1S/C17H28N2O/c1-4-14-7-9-15(10-8-14)11-12-16(20)19-17(5-2,6-3)13-18/h7-10H,4-6,11-13,18H2,1-3H3,(H,19,20). The van der Waals surface area contributed by atoms with Gasteiger partial charge in [0, 0.05) is 13.0 Å². The molecule has 0 aliphatic rings. The van der Waals surface area contributed by atoms with Gasteiger partial charge in [-0.15, -0.1) is 0 Å². The predicted molar refractivity (Wildman–Crippen MR) is 84.7 cm³/mol. The van der Waals surface area contributed by atoms with E-state index in [2.05, 4.69) is 50.4 Å². The normalized spacial score (nSPS) is 11.4. The van der Waals surface area contributed by atoms with Crippen molar-refractivity contribution < 1.29 is 4.79 Å². The smallest absolute Gasteiger partial charge is 0.220 e. The molecule has 0 fully saturated rings. The Hall–Kier alpha value is -1.35. The molecule has 1 rings (SSSR count). The Kier molecular flexibility index (Phi) is 6.73. The summed E-state index contributed by atoms with van der Waals surface area (Å²) in [5, 5.41) is 3.11. The van der Waals surface area contributed by atoms with E-state index in [1.165, 1.54) is 11.1 Å². The van der Waals surface area contributed by atoms with Crippen LogP contribution in [0.4, 0.5) is 0 Å². The second-order valence-corrected chi connectivity index (χ2v) is 5.41. The lowest BCUT2D eigenvalue weighted by Gasteiger charge is -2.31. The maximum Gasteiger partial charge on any atom is 0.220 e. The Morgan fingerprint density at radius 1 is 1.10 bits per heavy atom. The topological polar surface area (TPSA) is 55.1 Å². The van der Waals surface area contributed by atoms with Crippen LogP contribution in [0.15, 0.2) is 24.3 Å². The van der Waals surface area contributed by atoms with E-state index in [0.717, 1.165) is 25.7 Å². The van der Waals surface area contributed by atoms with Crippen LogP contribution in [0.5, 0.6) is 0 Å². The highest BCUT2D eigenvalue weighted by atomic mass is 16.1. The molecule has 1 aromatic rings. The van der Waals surface area contributed by atoms with Crippen LogP contribution in [-0.4, -0.2) is 18.0 Å². The van der Waals surface area contributed by atoms with Crippen LogP contribution in [0.3, 0.4) is 0 Å². The SMILES string of the molecule is CCc1ccc(CCC(=O)NC(CC)(CC)CN)cc1. The number of nitrogens with one attached hydrogen (secondary N) is 1. The molecule has 112 valence electrons. The van der Waals surface area contributed by atoms with Crippen molar-refractivity contribution in [3.63, 3.8) is 0 Å². The van der Waals surface area contributed by atoms with Gasteiger partial charge in [-0.1, -0.05) is 45.0 Å². The van der Waals surface area contributed by atoms with Crippen molar-refractivity contribution in [3.05, 3.63) is 35.4 Å². The zero-order valence-corrected chi connectivity index (χ0v) is 13.0. The lowest BCUT2D eigenvalue weighted by atomic mass is 9.92. The summed E-state index contributed by atoms with van der Waals surface area (Å²) in [6.07, 6.45) is 4.10. The van der Waals surface area contributed by atoms with Gasteiger partial charge in [-0.05, 0) is 36.8 Å². The van der Waals surface area contributed by atoms with Crippen LogP contribution in [-0.2, 0) is 17.6 Å². The Bertz CT molecular complexity index is 399. The highest BCUT2D eigenvalue weighted by molar-refractivity contribution is 5.77. The minimum absolute atomic E-state index is 0.0960. The van der Waals surface area contributed by atoms with E-state index in [4.69, 9.17) is 5.73 Å². The van der Waals surface area contributed by atoms with Crippen molar-refractivity contribution in [3.8, 4) is 0 Å². The third kappa shape index (κ3) is 4.64. The van der Waals surface area contributed by atoms with Crippen molar-refractivity contribution in [1.29, 1.82) is 0 Å². The number of rotatable bonds is 8. The van der Waals surface area contributed by atoms with Crippen molar-refractivity contribution >= 4 is 5.91 Å². The zero-order chi connectivity index (χ0) is 15.0. The molecule has 0 unspecified atom stereocenters.